The monoisotopic (exact) mass is 466 g/mol. The molecule has 8 heteroatoms. The second-order valence-corrected chi connectivity index (χ2v) is 8.81. The number of hydrogen-bond donors (Lipinski definition) is 3. The van der Waals surface area contributed by atoms with Crippen LogP contribution >= 0.6 is 0 Å². The predicted octanol–water partition coefficient (Wildman–Crippen LogP) is 3.30. The van der Waals surface area contributed by atoms with Crippen LogP contribution in [0.4, 0.5) is 4.79 Å². The van der Waals surface area contributed by atoms with Crippen molar-refractivity contribution < 1.29 is 29.0 Å². The lowest BCUT2D eigenvalue weighted by Crippen LogP contribution is -2.41. The molecule has 0 aromatic heterocycles. The molecule has 2 aromatic carbocycles. The van der Waals surface area contributed by atoms with Crippen LogP contribution in [-0.4, -0.2) is 55.0 Å². The molecule has 1 heterocycles. The topological polar surface area (TPSA) is 114 Å². The number of alkyl carbamates (subject to hydrolysis) is 1. The van der Waals surface area contributed by atoms with Crippen LogP contribution in [0.15, 0.2) is 48.5 Å². The Morgan fingerprint density at radius 1 is 1.09 bits per heavy atom. The van der Waals surface area contributed by atoms with Crippen molar-refractivity contribution in [3.05, 3.63) is 59.7 Å². The van der Waals surface area contributed by atoms with E-state index in [4.69, 9.17) is 14.6 Å². The molecule has 4 rings (SSSR count). The highest BCUT2D eigenvalue weighted by Gasteiger charge is 2.31. The molecule has 0 unspecified atom stereocenters. The predicted molar refractivity (Wildman–Crippen MR) is 125 cm³/mol. The summed E-state index contributed by atoms with van der Waals surface area (Å²) in [4.78, 5) is 35.8. The molecule has 0 bridgehead atoms. The number of benzene rings is 2. The van der Waals surface area contributed by atoms with E-state index >= 15 is 0 Å². The van der Waals surface area contributed by atoms with Crippen molar-refractivity contribution in [2.45, 2.75) is 44.2 Å². The van der Waals surface area contributed by atoms with Gasteiger partial charge in [-0.1, -0.05) is 55.5 Å². The fourth-order valence-electron chi connectivity index (χ4n) is 4.65. The van der Waals surface area contributed by atoms with E-state index in [-0.39, 0.29) is 50.2 Å². The van der Waals surface area contributed by atoms with Gasteiger partial charge in [0.2, 0.25) is 5.91 Å². The lowest BCUT2D eigenvalue weighted by Gasteiger charge is -2.19. The van der Waals surface area contributed by atoms with Gasteiger partial charge in [-0.25, -0.2) is 4.79 Å². The van der Waals surface area contributed by atoms with Crippen molar-refractivity contribution in [1.82, 2.24) is 10.6 Å². The van der Waals surface area contributed by atoms with Crippen LogP contribution in [0.3, 0.4) is 0 Å². The first-order chi connectivity index (χ1) is 16.5. The van der Waals surface area contributed by atoms with Crippen molar-refractivity contribution >= 4 is 18.0 Å². The Bertz CT molecular complexity index is 1010. The lowest BCUT2D eigenvalue weighted by molar-refractivity contribution is -0.141. The van der Waals surface area contributed by atoms with Crippen LogP contribution in [-0.2, 0) is 19.1 Å². The van der Waals surface area contributed by atoms with Crippen molar-refractivity contribution in [3.8, 4) is 11.1 Å². The smallest absolute Gasteiger partial charge is 0.407 e. The zero-order valence-corrected chi connectivity index (χ0v) is 19.2. The number of ether oxygens (including phenoxy) is 2. The van der Waals surface area contributed by atoms with E-state index in [1.807, 2.05) is 31.2 Å². The minimum absolute atomic E-state index is 0.0254. The molecule has 3 atom stereocenters. The first-order valence-corrected chi connectivity index (χ1v) is 11.7. The number of nitrogens with one attached hydrogen (secondary N) is 2. The molecular weight excluding hydrogens is 436 g/mol. The maximum Gasteiger partial charge on any atom is 0.407 e. The van der Waals surface area contributed by atoms with Crippen molar-refractivity contribution in [2.24, 2.45) is 5.92 Å². The quantitative estimate of drug-likeness (QED) is 0.523. The Labute approximate surface area is 198 Å². The van der Waals surface area contributed by atoms with E-state index in [2.05, 4.69) is 34.9 Å². The number of carbonyl (C=O) groups excluding carboxylic acids is 2. The SMILES string of the molecule is CC[C@@H](CC(=O)NC[C@@H]1C[C@H](C(=O)O)CO1)NC(=O)OCC1c2ccccc2-c2ccccc21. The van der Waals surface area contributed by atoms with Gasteiger partial charge in [-0.2, -0.15) is 0 Å². The van der Waals surface area contributed by atoms with Gasteiger partial charge in [-0.3, -0.25) is 9.59 Å². The summed E-state index contributed by atoms with van der Waals surface area (Å²) in [6.07, 6.45) is 0.198. The summed E-state index contributed by atoms with van der Waals surface area (Å²) in [5.74, 6) is -1.66. The third kappa shape index (κ3) is 5.39. The number of aliphatic carboxylic acids is 1. The van der Waals surface area contributed by atoms with E-state index in [1.54, 1.807) is 0 Å². The molecule has 0 saturated carbocycles. The van der Waals surface area contributed by atoms with Crippen LogP contribution < -0.4 is 10.6 Å². The molecule has 3 N–H and O–H groups in total. The van der Waals surface area contributed by atoms with Gasteiger partial charge in [-0.05, 0) is 35.1 Å². The number of amides is 2. The summed E-state index contributed by atoms with van der Waals surface area (Å²) in [6.45, 7) is 2.52. The Kier molecular flexibility index (Phi) is 7.47. The Morgan fingerprint density at radius 3 is 2.32 bits per heavy atom. The summed E-state index contributed by atoms with van der Waals surface area (Å²) in [7, 11) is 0. The fourth-order valence-corrected chi connectivity index (χ4v) is 4.65. The maximum atomic E-state index is 12.5. The highest BCUT2D eigenvalue weighted by molar-refractivity contribution is 5.79. The Morgan fingerprint density at radius 2 is 1.74 bits per heavy atom. The van der Waals surface area contributed by atoms with Crippen LogP contribution in [0.5, 0.6) is 0 Å². The average Bonchev–Trinajstić information content (AvgIpc) is 3.44. The largest absolute Gasteiger partial charge is 0.481 e. The van der Waals surface area contributed by atoms with Crippen molar-refractivity contribution in [3.63, 3.8) is 0 Å². The van der Waals surface area contributed by atoms with E-state index < -0.39 is 18.0 Å². The molecule has 2 aromatic rings. The number of rotatable bonds is 9. The van der Waals surface area contributed by atoms with E-state index in [0.29, 0.717) is 12.8 Å². The van der Waals surface area contributed by atoms with Gasteiger partial charge in [-0.15, -0.1) is 0 Å². The number of fused-ring (bicyclic) bond motifs is 3. The van der Waals surface area contributed by atoms with Crippen LogP contribution in [0.2, 0.25) is 0 Å². The van der Waals surface area contributed by atoms with Crippen molar-refractivity contribution in [1.29, 1.82) is 0 Å². The summed E-state index contributed by atoms with van der Waals surface area (Å²) in [6, 6.07) is 15.9. The normalized spacial score (nSPS) is 19.7. The number of hydrogen-bond acceptors (Lipinski definition) is 5. The van der Waals surface area contributed by atoms with Gasteiger partial charge in [0, 0.05) is 24.9 Å². The maximum absolute atomic E-state index is 12.5. The number of carboxylic acids is 1. The molecule has 0 spiro atoms. The van der Waals surface area contributed by atoms with Gasteiger partial charge < -0.3 is 25.2 Å². The fraction of sp³-hybridized carbons (Fsp3) is 0.423. The van der Waals surface area contributed by atoms with Gasteiger partial charge in [0.1, 0.15) is 6.61 Å². The highest BCUT2D eigenvalue weighted by atomic mass is 16.5. The molecular formula is C26H30N2O6. The minimum Gasteiger partial charge on any atom is -0.481 e. The van der Waals surface area contributed by atoms with E-state index in [0.717, 1.165) is 22.3 Å². The molecule has 1 saturated heterocycles. The van der Waals surface area contributed by atoms with Crippen LogP contribution in [0.25, 0.3) is 11.1 Å². The molecule has 1 aliphatic carbocycles. The van der Waals surface area contributed by atoms with Crippen molar-refractivity contribution in [2.75, 3.05) is 19.8 Å². The Balaban J connectivity index is 1.25. The molecule has 2 aliphatic rings. The Hall–Kier alpha value is -3.39. The first-order valence-electron chi connectivity index (χ1n) is 11.7. The number of carboxylic acid groups (broad SMARTS) is 1. The van der Waals surface area contributed by atoms with Crippen LogP contribution in [0.1, 0.15) is 43.2 Å². The zero-order chi connectivity index (χ0) is 24.1. The number of carbonyl (C=O) groups is 3. The summed E-state index contributed by atoms with van der Waals surface area (Å²) in [5.41, 5.74) is 4.61. The van der Waals surface area contributed by atoms with Gasteiger partial charge >= 0.3 is 12.1 Å². The second-order valence-electron chi connectivity index (χ2n) is 8.81. The summed E-state index contributed by atoms with van der Waals surface area (Å²) >= 11 is 0. The molecule has 2 amide bonds. The van der Waals surface area contributed by atoms with E-state index in [9.17, 15) is 14.4 Å². The molecule has 8 nitrogen and oxygen atoms in total. The molecule has 180 valence electrons. The van der Waals surface area contributed by atoms with Gasteiger partial charge in [0.25, 0.3) is 0 Å². The minimum atomic E-state index is -0.882. The molecule has 0 radical (unpaired) electrons. The van der Waals surface area contributed by atoms with Gasteiger partial charge in [0.15, 0.2) is 0 Å². The highest BCUT2D eigenvalue weighted by Crippen LogP contribution is 2.44. The summed E-state index contributed by atoms with van der Waals surface area (Å²) < 4.78 is 11.0. The third-order valence-electron chi connectivity index (χ3n) is 6.55. The van der Waals surface area contributed by atoms with Crippen LogP contribution in [0, 0.1) is 5.92 Å². The van der Waals surface area contributed by atoms with E-state index in [1.165, 1.54) is 0 Å². The van der Waals surface area contributed by atoms with Gasteiger partial charge in [0.05, 0.1) is 18.6 Å². The second kappa shape index (κ2) is 10.7. The lowest BCUT2D eigenvalue weighted by atomic mass is 9.98. The zero-order valence-electron chi connectivity index (χ0n) is 19.2. The standard InChI is InChI=1S/C26H30N2O6/c1-2-17(12-24(29)27-13-18-11-16(14-33-18)25(30)31)28-26(32)34-15-23-21-9-5-3-7-19(21)20-8-4-6-10-22(20)23/h3-10,16-18,23H,2,11-15H2,1H3,(H,27,29)(H,28,32)(H,30,31)/t16-,17-,18-/m0/s1. The summed E-state index contributed by atoms with van der Waals surface area (Å²) in [5, 5.41) is 14.6. The third-order valence-corrected chi connectivity index (χ3v) is 6.55. The first kappa shape index (κ1) is 23.8. The molecule has 1 aliphatic heterocycles. The average molecular weight is 467 g/mol. The molecule has 1 fully saturated rings. The molecule has 34 heavy (non-hydrogen) atoms.